The third-order valence-electron chi connectivity index (χ3n) is 4.57. The van der Waals surface area contributed by atoms with E-state index in [4.69, 9.17) is 23.2 Å². The third-order valence-corrected chi connectivity index (χ3v) is 5.13. The van der Waals surface area contributed by atoms with Crippen LogP contribution in [0.15, 0.2) is 18.2 Å². The minimum Gasteiger partial charge on any atom is -0.323 e. The van der Waals surface area contributed by atoms with Crippen LogP contribution in [0, 0.1) is 5.92 Å². The molecular weight excluding hydrogens is 369 g/mol. The Morgan fingerprint density at radius 3 is 2.62 bits per heavy atom. The summed E-state index contributed by atoms with van der Waals surface area (Å²) in [5.74, 6) is 0.721. The number of hydrogen-bond donors (Lipinski definition) is 2. The average Bonchev–Trinajstić information content (AvgIpc) is 2.56. The molecule has 0 aliphatic carbocycles. The lowest BCUT2D eigenvalue weighted by molar-refractivity contribution is -0.121. The Labute approximate surface area is 160 Å². The molecular formula is C17H26Cl3N3O. The SMILES string of the molecule is CNCCC1CCN(C(C)C(=O)Nc2cc(Cl)ccc2Cl)CC1.Cl. The van der Waals surface area contributed by atoms with E-state index in [9.17, 15) is 4.79 Å². The predicted octanol–water partition coefficient (Wildman–Crippen LogP) is 4.06. The fourth-order valence-corrected chi connectivity index (χ4v) is 3.31. The summed E-state index contributed by atoms with van der Waals surface area (Å²) >= 11 is 12.1. The number of hydrogen-bond acceptors (Lipinski definition) is 3. The minimum absolute atomic E-state index is 0. The molecule has 1 aromatic carbocycles. The number of carbonyl (C=O) groups excluding carboxylic acids is 1. The molecule has 1 aliphatic heterocycles. The molecule has 1 saturated heterocycles. The Morgan fingerprint density at radius 2 is 2.00 bits per heavy atom. The third kappa shape index (κ3) is 6.08. The Morgan fingerprint density at radius 1 is 1.33 bits per heavy atom. The van der Waals surface area contributed by atoms with Crippen LogP contribution < -0.4 is 10.6 Å². The maximum atomic E-state index is 12.5. The maximum Gasteiger partial charge on any atom is 0.241 e. The largest absolute Gasteiger partial charge is 0.323 e. The van der Waals surface area contributed by atoms with Gasteiger partial charge < -0.3 is 10.6 Å². The normalized spacial score (nSPS) is 17.2. The van der Waals surface area contributed by atoms with Crippen LogP contribution in [0.5, 0.6) is 0 Å². The zero-order valence-electron chi connectivity index (χ0n) is 14.1. The first-order valence-electron chi connectivity index (χ1n) is 8.16. The van der Waals surface area contributed by atoms with Crippen molar-refractivity contribution in [3.05, 3.63) is 28.2 Å². The summed E-state index contributed by atoms with van der Waals surface area (Å²) in [6, 6.07) is 4.91. The van der Waals surface area contributed by atoms with Crippen LogP contribution >= 0.6 is 35.6 Å². The van der Waals surface area contributed by atoms with E-state index >= 15 is 0 Å². The van der Waals surface area contributed by atoms with E-state index in [1.54, 1.807) is 18.2 Å². The summed E-state index contributed by atoms with van der Waals surface area (Å²) in [6.45, 7) is 4.94. The molecule has 1 unspecified atom stereocenters. The van der Waals surface area contributed by atoms with Crippen molar-refractivity contribution in [2.75, 3.05) is 32.0 Å². The number of carbonyl (C=O) groups is 1. The fraction of sp³-hybridized carbons (Fsp3) is 0.588. The lowest BCUT2D eigenvalue weighted by Gasteiger charge is -2.35. The molecule has 1 fully saturated rings. The second-order valence-electron chi connectivity index (χ2n) is 6.16. The number of piperidine rings is 1. The number of nitrogens with zero attached hydrogens (tertiary/aromatic N) is 1. The zero-order valence-corrected chi connectivity index (χ0v) is 16.5. The van der Waals surface area contributed by atoms with Crippen molar-refractivity contribution in [1.29, 1.82) is 0 Å². The highest BCUT2D eigenvalue weighted by atomic mass is 35.5. The second kappa shape index (κ2) is 10.5. The Kier molecular flexibility index (Phi) is 9.39. The first-order chi connectivity index (χ1) is 11.0. The van der Waals surface area contributed by atoms with Gasteiger partial charge in [-0.25, -0.2) is 0 Å². The molecule has 24 heavy (non-hydrogen) atoms. The standard InChI is InChI=1S/C17H25Cl2N3O.ClH/c1-12(22-9-6-13(7-10-22)5-8-20-2)17(23)21-16-11-14(18)3-4-15(16)19;/h3-4,11-13,20H,5-10H2,1-2H3,(H,21,23);1H. The first-order valence-corrected chi connectivity index (χ1v) is 8.91. The van der Waals surface area contributed by atoms with Crippen LogP contribution in [0.4, 0.5) is 5.69 Å². The van der Waals surface area contributed by atoms with Gasteiger partial charge in [-0.15, -0.1) is 12.4 Å². The van der Waals surface area contributed by atoms with Crippen molar-refractivity contribution in [3.8, 4) is 0 Å². The molecule has 1 heterocycles. The van der Waals surface area contributed by atoms with Gasteiger partial charge >= 0.3 is 0 Å². The number of benzene rings is 1. The van der Waals surface area contributed by atoms with Crippen molar-refractivity contribution >= 4 is 47.2 Å². The molecule has 1 aliphatic rings. The monoisotopic (exact) mass is 393 g/mol. The number of anilines is 1. The zero-order chi connectivity index (χ0) is 16.8. The van der Waals surface area contributed by atoms with Crippen molar-refractivity contribution in [3.63, 3.8) is 0 Å². The molecule has 0 aromatic heterocycles. The van der Waals surface area contributed by atoms with Crippen LogP contribution in [0.25, 0.3) is 0 Å². The first kappa shape index (κ1) is 21.5. The van der Waals surface area contributed by atoms with Crippen LogP contribution in [0.1, 0.15) is 26.2 Å². The molecule has 4 nitrogen and oxygen atoms in total. The van der Waals surface area contributed by atoms with E-state index < -0.39 is 0 Å². The van der Waals surface area contributed by atoms with E-state index in [0.29, 0.717) is 15.7 Å². The topological polar surface area (TPSA) is 44.4 Å². The van der Waals surface area contributed by atoms with Crippen LogP contribution in [0.3, 0.4) is 0 Å². The molecule has 0 bridgehead atoms. The number of nitrogens with one attached hydrogen (secondary N) is 2. The summed E-state index contributed by atoms with van der Waals surface area (Å²) in [6.07, 6.45) is 3.51. The Bertz CT molecular complexity index is 534. The number of halogens is 3. The quantitative estimate of drug-likeness (QED) is 0.764. The highest BCUT2D eigenvalue weighted by Crippen LogP contribution is 2.26. The van der Waals surface area contributed by atoms with E-state index in [1.807, 2.05) is 14.0 Å². The highest BCUT2D eigenvalue weighted by Gasteiger charge is 2.26. The van der Waals surface area contributed by atoms with Gasteiger partial charge in [0.15, 0.2) is 0 Å². The molecule has 1 aromatic rings. The molecule has 136 valence electrons. The van der Waals surface area contributed by atoms with Gasteiger partial charge in [0.25, 0.3) is 0 Å². The predicted molar refractivity (Wildman–Crippen MR) is 105 cm³/mol. The van der Waals surface area contributed by atoms with Crippen molar-refractivity contribution in [2.45, 2.75) is 32.2 Å². The molecule has 2 N–H and O–H groups in total. The van der Waals surface area contributed by atoms with E-state index in [2.05, 4.69) is 15.5 Å². The van der Waals surface area contributed by atoms with Gasteiger partial charge in [0.1, 0.15) is 0 Å². The lowest BCUT2D eigenvalue weighted by atomic mass is 9.93. The van der Waals surface area contributed by atoms with E-state index in [1.165, 1.54) is 6.42 Å². The van der Waals surface area contributed by atoms with Gasteiger partial charge in [0.2, 0.25) is 5.91 Å². The van der Waals surface area contributed by atoms with Gasteiger partial charge in [0.05, 0.1) is 16.8 Å². The van der Waals surface area contributed by atoms with Crippen LogP contribution in [-0.2, 0) is 4.79 Å². The second-order valence-corrected chi connectivity index (χ2v) is 7.00. The number of rotatable bonds is 6. The Hall–Kier alpha value is -0.520. The smallest absolute Gasteiger partial charge is 0.241 e. The lowest BCUT2D eigenvalue weighted by Crippen LogP contribution is -2.46. The van der Waals surface area contributed by atoms with Crippen LogP contribution in [0.2, 0.25) is 10.0 Å². The average molecular weight is 395 g/mol. The van der Waals surface area contributed by atoms with Crippen molar-refractivity contribution in [2.24, 2.45) is 5.92 Å². The minimum atomic E-state index is -0.171. The van der Waals surface area contributed by atoms with Crippen molar-refractivity contribution in [1.82, 2.24) is 10.2 Å². The van der Waals surface area contributed by atoms with Crippen molar-refractivity contribution < 1.29 is 4.79 Å². The molecule has 1 amide bonds. The van der Waals surface area contributed by atoms with Gasteiger partial charge in [-0.1, -0.05) is 23.2 Å². The molecule has 0 saturated carbocycles. The van der Waals surface area contributed by atoms with Gasteiger partial charge in [-0.05, 0) is 77.0 Å². The summed E-state index contributed by atoms with van der Waals surface area (Å²) in [5.41, 5.74) is 0.569. The maximum absolute atomic E-state index is 12.5. The van der Waals surface area contributed by atoms with Crippen LogP contribution in [-0.4, -0.2) is 43.5 Å². The molecule has 1 atom stereocenters. The van der Waals surface area contributed by atoms with E-state index in [-0.39, 0.29) is 24.4 Å². The molecule has 0 spiro atoms. The summed E-state index contributed by atoms with van der Waals surface area (Å²) in [4.78, 5) is 14.7. The van der Waals surface area contributed by atoms with Gasteiger partial charge in [-0.2, -0.15) is 0 Å². The summed E-state index contributed by atoms with van der Waals surface area (Å²) in [7, 11) is 1.99. The van der Waals surface area contributed by atoms with Gasteiger partial charge in [-0.3, -0.25) is 9.69 Å². The molecule has 0 radical (unpaired) electrons. The molecule has 2 rings (SSSR count). The Balaban J connectivity index is 0.00000288. The van der Waals surface area contributed by atoms with Gasteiger partial charge in [0, 0.05) is 5.02 Å². The van der Waals surface area contributed by atoms with E-state index in [0.717, 1.165) is 38.4 Å². The fourth-order valence-electron chi connectivity index (χ4n) is 2.97. The summed E-state index contributed by atoms with van der Waals surface area (Å²) in [5, 5.41) is 7.15. The number of likely N-dealkylation sites (tertiary alicyclic amines) is 1. The number of amides is 1. The summed E-state index contributed by atoms with van der Waals surface area (Å²) < 4.78 is 0. The molecule has 7 heteroatoms. The highest BCUT2D eigenvalue weighted by molar-refractivity contribution is 6.35.